The highest BCUT2D eigenvalue weighted by Crippen LogP contribution is 2.29. The second kappa shape index (κ2) is 6.47. The summed E-state index contributed by atoms with van der Waals surface area (Å²) in [5.74, 6) is -0.786. The molecule has 134 valence electrons. The minimum atomic E-state index is -4.50. The lowest BCUT2D eigenvalue weighted by Gasteiger charge is -2.08. The van der Waals surface area contributed by atoms with Crippen LogP contribution in [0.2, 0.25) is 0 Å². The molecule has 0 aliphatic carbocycles. The van der Waals surface area contributed by atoms with Crippen LogP contribution in [0.4, 0.5) is 24.8 Å². The Morgan fingerprint density at radius 2 is 1.92 bits per heavy atom. The zero-order chi connectivity index (χ0) is 18.9. The van der Waals surface area contributed by atoms with Crippen molar-refractivity contribution >= 4 is 17.5 Å². The fourth-order valence-electron chi connectivity index (χ4n) is 2.24. The summed E-state index contributed by atoms with van der Waals surface area (Å²) < 4.78 is 38.9. The fourth-order valence-corrected chi connectivity index (χ4v) is 2.24. The quantitative estimate of drug-likeness (QED) is 0.746. The monoisotopic (exact) mass is 362 g/mol. The van der Waals surface area contributed by atoms with Gasteiger partial charge in [-0.25, -0.2) is 4.98 Å². The summed E-state index contributed by atoms with van der Waals surface area (Å²) in [6.07, 6.45) is -3.88. The third kappa shape index (κ3) is 3.34. The molecule has 1 amide bonds. The number of hydrogen-bond donors (Lipinski definition) is 2. The smallest absolute Gasteiger partial charge is 0.382 e. The van der Waals surface area contributed by atoms with E-state index >= 15 is 0 Å². The zero-order valence-corrected chi connectivity index (χ0v) is 13.4. The first-order valence-corrected chi connectivity index (χ1v) is 7.39. The molecule has 0 saturated carbocycles. The molecule has 0 atom stereocenters. The molecular weight excluding hydrogens is 349 g/mol. The highest BCUT2D eigenvalue weighted by Gasteiger charge is 2.30. The van der Waals surface area contributed by atoms with Gasteiger partial charge in [0.1, 0.15) is 5.82 Å². The standard InChI is InChI=1S/C16H13F3N6O/c1-9-4-2-3-5-11(9)25-14(20)13(23-24-25)15(26)22-12-7-6-10(8-21-12)16(17,18)19/h2-8H,20H2,1H3,(H,21,22,26). The van der Waals surface area contributed by atoms with Gasteiger partial charge in [-0.15, -0.1) is 5.10 Å². The summed E-state index contributed by atoms with van der Waals surface area (Å²) in [4.78, 5) is 15.8. The molecule has 0 radical (unpaired) electrons. The normalized spacial score (nSPS) is 11.4. The first-order valence-electron chi connectivity index (χ1n) is 7.39. The number of alkyl halides is 3. The van der Waals surface area contributed by atoms with Crippen molar-refractivity contribution in [3.63, 3.8) is 0 Å². The number of amides is 1. The van der Waals surface area contributed by atoms with Crippen molar-refractivity contribution in [2.45, 2.75) is 13.1 Å². The van der Waals surface area contributed by atoms with Gasteiger partial charge in [-0.2, -0.15) is 17.9 Å². The van der Waals surface area contributed by atoms with Gasteiger partial charge in [-0.3, -0.25) is 4.79 Å². The Balaban J connectivity index is 1.82. The minimum Gasteiger partial charge on any atom is -0.382 e. The van der Waals surface area contributed by atoms with Crippen LogP contribution in [-0.4, -0.2) is 25.9 Å². The molecule has 7 nitrogen and oxygen atoms in total. The molecule has 3 N–H and O–H groups in total. The molecule has 1 aromatic carbocycles. The first kappa shape index (κ1) is 17.4. The molecule has 0 bridgehead atoms. The number of rotatable bonds is 3. The fraction of sp³-hybridized carbons (Fsp3) is 0.125. The number of para-hydroxylation sites is 1. The van der Waals surface area contributed by atoms with E-state index in [9.17, 15) is 18.0 Å². The number of anilines is 2. The van der Waals surface area contributed by atoms with Crippen LogP contribution < -0.4 is 11.1 Å². The average Bonchev–Trinajstić information content (AvgIpc) is 2.96. The van der Waals surface area contributed by atoms with Crippen LogP contribution in [-0.2, 0) is 6.18 Å². The number of nitrogen functional groups attached to an aromatic ring is 1. The minimum absolute atomic E-state index is 0.00344. The SMILES string of the molecule is Cc1ccccc1-n1nnc(C(=O)Nc2ccc(C(F)(F)F)cn2)c1N. The predicted molar refractivity (Wildman–Crippen MR) is 87.7 cm³/mol. The third-order valence-electron chi connectivity index (χ3n) is 3.60. The molecule has 2 aromatic heterocycles. The van der Waals surface area contributed by atoms with E-state index in [4.69, 9.17) is 5.73 Å². The number of nitrogens with one attached hydrogen (secondary N) is 1. The van der Waals surface area contributed by atoms with E-state index in [2.05, 4.69) is 20.6 Å². The number of carbonyl (C=O) groups is 1. The zero-order valence-electron chi connectivity index (χ0n) is 13.4. The maximum Gasteiger partial charge on any atom is 0.417 e. The predicted octanol–water partition coefficient (Wildman–Crippen LogP) is 2.82. The summed E-state index contributed by atoms with van der Waals surface area (Å²) in [6.45, 7) is 1.85. The van der Waals surface area contributed by atoms with Crippen LogP contribution in [0.3, 0.4) is 0 Å². The van der Waals surface area contributed by atoms with Gasteiger partial charge in [0, 0.05) is 6.20 Å². The van der Waals surface area contributed by atoms with Crippen molar-refractivity contribution in [1.29, 1.82) is 0 Å². The van der Waals surface area contributed by atoms with E-state index in [1.54, 1.807) is 12.1 Å². The Morgan fingerprint density at radius 1 is 1.19 bits per heavy atom. The maximum absolute atomic E-state index is 12.5. The number of pyridine rings is 1. The molecule has 0 fully saturated rings. The number of carbonyl (C=O) groups excluding carboxylic acids is 1. The van der Waals surface area contributed by atoms with Crippen LogP contribution in [0, 0.1) is 6.92 Å². The van der Waals surface area contributed by atoms with E-state index in [0.717, 1.165) is 17.7 Å². The number of hydrogen-bond acceptors (Lipinski definition) is 5. The Kier molecular flexibility index (Phi) is 4.33. The van der Waals surface area contributed by atoms with E-state index < -0.39 is 17.6 Å². The summed E-state index contributed by atoms with van der Waals surface area (Å²) in [5, 5.41) is 9.97. The molecular formula is C16H13F3N6O. The second-order valence-electron chi connectivity index (χ2n) is 5.41. The van der Waals surface area contributed by atoms with E-state index in [-0.39, 0.29) is 17.3 Å². The number of nitrogens with two attached hydrogens (primary N) is 1. The van der Waals surface area contributed by atoms with Crippen LogP contribution in [0.25, 0.3) is 5.69 Å². The van der Waals surface area contributed by atoms with E-state index in [1.165, 1.54) is 4.68 Å². The lowest BCUT2D eigenvalue weighted by molar-refractivity contribution is -0.137. The molecule has 0 spiro atoms. The van der Waals surface area contributed by atoms with Crippen molar-refractivity contribution < 1.29 is 18.0 Å². The Hall–Kier alpha value is -3.43. The largest absolute Gasteiger partial charge is 0.417 e. The summed E-state index contributed by atoms with van der Waals surface area (Å²) >= 11 is 0. The molecule has 26 heavy (non-hydrogen) atoms. The molecule has 3 aromatic rings. The Morgan fingerprint density at radius 3 is 2.54 bits per heavy atom. The third-order valence-corrected chi connectivity index (χ3v) is 3.60. The summed E-state index contributed by atoms with van der Waals surface area (Å²) in [7, 11) is 0. The molecule has 2 heterocycles. The van der Waals surface area contributed by atoms with Crippen molar-refractivity contribution in [2.24, 2.45) is 0 Å². The van der Waals surface area contributed by atoms with Gasteiger partial charge in [-0.05, 0) is 30.7 Å². The van der Waals surface area contributed by atoms with E-state index in [0.29, 0.717) is 11.9 Å². The average molecular weight is 362 g/mol. The number of aryl methyl sites for hydroxylation is 1. The second-order valence-corrected chi connectivity index (χ2v) is 5.41. The van der Waals surface area contributed by atoms with Gasteiger partial charge in [0.05, 0.1) is 11.3 Å². The molecule has 0 saturated heterocycles. The van der Waals surface area contributed by atoms with Gasteiger partial charge < -0.3 is 11.1 Å². The van der Waals surface area contributed by atoms with Crippen molar-refractivity contribution in [2.75, 3.05) is 11.1 Å². The van der Waals surface area contributed by atoms with Gasteiger partial charge in [0.2, 0.25) is 0 Å². The Bertz CT molecular complexity index is 949. The Labute approximate surface area is 145 Å². The van der Waals surface area contributed by atoms with Crippen molar-refractivity contribution in [3.05, 3.63) is 59.4 Å². The van der Waals surface area contributed by atoms with Gasteiger partial charge in [0.25, 0.3) is 5.91 Å². The van der Waals surface area contributed by atoms with Crippen molar-refractivity contribution in [1.82, 2.24) is 20.0 Å². The molecule has 0 aliphatic rings. The highest BCUT2D eigenvalue weighted by atomic mass is 19.4. The molecule has 0 aliphatic heterocycles. The van der Waals surface area contributed by atoms with Gasteiger partial charge >= 0.3 is 6.18 Å². The van der Waals surface area contributed by atoms with Gasteiger partial charge in [0.15, 0.2) is 11.5 Å². The summed E-state index contributed by atoms with van der Waals surface area (Å²) in [5.41, 5.74) is 6.41. The van der Waals surface area contributed by atoms with Crippen LogP contribution in [0.5, 0.6) is 0 Å². The number of benzene rings is 1. The number of aromatic nitrogens is 4. The maximum atomic E-state index is 12.5. The number of halogens is 3. The summed E-state index contributed by atoms with van der Waals surface area (Å²) in [6, 6.07) is 9.10. The van der Waals surface area contributed by atoms with Crippen molar-refractivity contribution in [3.8, 4) is 5.69 Å². The van der Waals surface area contributed by atoms with Gasteiger partial charge in [-0.1, -0.05) is 23.4 Å². The lowest BCUT2D eigenvalue weighted by Crippen LogP contribution is -2.16. The lowest BCUT2D eigenvalue weighted by atomic mass is 10.2. The van der Waals surface area contributed by atoms with Crippen LogP contribution >= 0.6 is 0 Å². The highest BCUT2D eigenvalue weighted by molar-refractivity contribution is 6.05. The van der Waals surface area contributed by atoms with Crippen LogP contribution in [0.1, 0.15) is 21.6 Å². The van der Waals surface area contributed by atoms with E-state index in [1.807, 2.05) is 19.1 Å². The topological polar surface area (TPSA) is 98.7 Å². The first-order chi connectivity index (χ1) is 12.3. The number of nitrogens with zero attached hydrogens (tertiary/aromatic N) is 4. The molecule has 3 rings (SSSR count). The van der Waals surface area contributed by atoms with Crippen LogP contribution in [0.15, 0.2) is 42.6 Å². The molecule has 10 heteroatoms. The molecule has 0 unspecified atom stereocenters.